The Morgan fingerprint density at radius 2 is 1.86 bits per heavy atom. The molecule has 1 aliphatic rings. The summed E-state index contributed by atoms with van der Waals surface area (Å²) in [5.41, 5.74) is 2.53. The summed E-state index contributed by atoms with van der Waals surface area (Å²) in [6.45, 7) is 0. The highest BCUT2D eigenvalue weighted by atomic mass is 32.2. The monoisotopic (exact) mass is 302 g/mol. The normalized spacial score (nSPS) is 14.7. The summed E-state index contributed by atoms with van der Waals surface area (Å²) in [5, 5.41) is 0. The second kappa shape index (κ2) is 5.90. The van der Waals surface area contributed by atoms with E-state index in [1.807, 2.05) is 18.2 Å². The number of aryl methyl sites for hydroxylation is 2. The van der Waals surface area contributed by atoms with Crippen LogP contribution in [0, 0.1) is 5.82 Å². The Kier molecular flexibility index (Phi) is 3.97. The molecule has 0 N–H and O–H groups in total. The average molecular weight is 302 g/mol. The van der Waals surface area contributed by atoms with Gasteiger partial charge in [0, 0.05) is 4.90 Å². The van der Waals surface area contributed by atoms with Gasteiger partial charge in [0.15, 0.2) is 5.78 Å². The molecule has 4 heteroatoms. The Labute approximate surface area is 125 Å². The summed E-state index contributed by atoms with van der Waals surface area (Å²) in [7, 11) is -1.43. The van der Waals surface area contributed by atoms with Crippen LogP contribution in [0.5, 0.6) is 0 Å². The SMILES string of the molecule is O=C(CS(=O)c1ccc2c(c1)CCC2)c1ccccc1F. The lowest BCUT2D eigenvalue weighted by Gasteiger charge is -2.06. The van der Waals surface area contributed by atoms with Gasteiger partial charge in [0.05, 0.1) is 22.1 Å². The number of ketones is 1. The summed E-state index contributed by atoms with van der Waals surface area (Å²) in [6.07, 6.45) is 3.19. The zero-order valence-electron chi connectivity index (χ0n) is 11.5. The van der Waals surface area contributed by atoms with Crippen LogP contribution >= 0.6 is 0 Å². The minimum Gasteiger partial charge on any atom is -0.293 e. The minimum absolute atomic E-state index is 0.00649. The molecular formula is C17H15FO2S. The van der Waals surface area contributed by atoms with Gasteiger partial charge in [-0.05, 0) is 54.7 Å². The molecule has 0 aliphatic heterocycles. The number of Topliss-reactive ketones (excluding diaryl/α,β-unsaturated/α-hetero) is 1. The van der Waals surface area contributed by atoms with Gasteiger partial charge in [0.1, 0.15) is 5.82 Å². The third-order valence-electron chi connectivity index (χ3n) is 3.77. The molecule has 2 aromatic carbocycles. The van der Waals surface area contributed by atoms with Gasteiger partial charge in [-0.3, -0.25) is 9.00 Å². The number of fused-ring (bicyclic) bond motifs is 1. The van der Waals surface area contributed by atoms with E-state index >= 15 is 0 Å². The molecule has 1 aliphatic carbocycles. The molecule has 3 rings (SSSR count). The lowest BCUT2D eigenvalue weighted by atomic mass is 10.1. The van der Waals surface area contributed by atoms with E-state index in [1.54, 1.807) is 6.07 Å². The molecule has 0 spiro atoms. The first-order valence-corrected chi connectivity index (χ1v) is 8.25. The summed E-state index contributed by atoms with van der Waals surface area (Å²) in [4.78, 5) is 12.7. The number of benzene rings is 2. The van der Waals surface area contributed by atoms with Crippen molar-refractivity contribution in [3.63, 3.8) is 0 Å². The van der Waals surface area contributed by atoms with Gasteiger partial charge in [0.2, 0.25) is 0 Å². The average Bonchev–Trinajstić information content (AvgIpc) is 2.94. The Hall–Kier alpha value is -1.81. The molecule has 2 nitrogen and oxygen atoms in total. The Balaban J connectivity index is 1.77. The van der Waals surface area contributed by atoms with Crippen LogP contribution in [0.4, 0.5) is 4.39 Å². The second-order valence-corrected chi connectivity index (χ2v) is 6.63. The number of carbonyl (C=O) groups is 1. The highest BCUT2D eigenvalue weighted by Crippen LogP contribution is 2.24. The first-order valence-electron chi connectivity index (χ1n) is 6.93. The molecule has 0 fully saturated rings. The molecule has 0 heterocycles. The third kappa shape index (κ3) is 2.95. The van der Waals surface area contributed by atoms with Gasteiger partial charge in [-0.2, -0.15) is 0 Å². The number of carbonyl (C=O) groups excluding carboxylic acids is 1. The van der Waals surface area contributed by atoms with E-state index in [0.717, 1.165) is 19.3 Å². The molecule has 1 atom stereocenters. The molecule has 0 amide bonds. The summed E-state index contributed by atoms with van der Waals surface area (Å²) in [6, 6.07) is 11.5. The van der Waals surface area contributed by atoms with Gasteiger partial charge in [-0.1, -0.05) is 18.2 Å². The highest BCUT2D eigenvalue weighted by molar-refractivity contribution is 7.85. The summed E-state index contributed by atoms with van der Waals surface area (Å²) >= 11 is 0. The van der Waals surface area contributed by atoms with Crippen molar-refractivity contribution in [3.05, 3.63) is 65.0 Å². The Bertz CT molecular complexity index is 724. The fraction of sp³-hybridized carbons (Fsp3) is 0.235. The maximum absolute atomic E-state index is 13.6. The smallest absolute Gasteiger partial charge is 0.178 e. The highest BCUT2D eigenvalue weighted by Gasteiger charge is 2.17. The quantitative estimate of drug-likeness (QED) is 0.812. The first kappa shape index (κ1) is 14.1. The zero-order valence-corrected chi connectivity index (χ0v) is 12.3. The molecule has 1 unspecified atom stereocenters. The summed E-state index contributed by atoms with van der Waals surface area (Å²) in [5.74, 6) is -1.17. The second-order valence-electron chi connectivity index (χ2n) is 5.18. The van der Waals surface area contributed by atoms with Gasteiger partial charge in [-0.25, -0.2) is 4.39 Å². The van der Waals surface area contributed by atoms with E-state index in [1.165, 1.54) is 29.3 Å². The van der Waals surface area contributed by atoms with Crippen LogP contribution in [0.25, 0.3) is 0 Å². The van der Waals surface area contributed by atoms with E-state index in [4.69, 9.17) is 0 Å². The van der Waals surface area contributed by atoms with E-state index in [2.05, 4.69) is 0 Å². The predicted octanol–water partition coefficient (Wildman–Crippen LogP) is 3.30. The molecule has 0 radical (unpaired) electrons. The molecule has 2 aromatic rings. The molecule has 108 valence electrons. The lowest BCUT2D eigenvalue weighted by Crippen LogP contribution is -2.12. The standard InChI is InChI=1S/C17H15FO2S/c18-16-7-2-1-6-15(16)17(19)11-21(20)14-9-8-12-4-3-5-13(12)10-14/h1-2,6-10H,3-5,11H2. The predicted molar refractivity (Wildman–Crippen MR) is 80.5 cm³/mol. The molecule has 0 saturated heterocycles. The van der Waals surface area contributed by atoms with Gasteiger partial charge < -0.3 is 0 Å². The van der Waals surface area contributed by atoms with E-state index in [0.29, 0.717) is 4.90 Å². The fourth-order valence-corrected chi connectivity index (χ4v) is 3.71. The van der Waals surface area contributed by atoms with Gasteiger partial charge in [-0.15, -0.1) is 0 Å². The van der Waals surface area contributed by atoms with Crippen molar-refractivity contribution in [1.82, 2.24) is 0 Å². The number of hydrogen-bond donors (Lipinski definition) is 0. The van der Waals surface area contributed by atoms with Crippen LogP contribution in [-0.2, 0) is 23.6 Å². The number of hydrogen-bond acceptors (Lipinski definition) is 2. The van der Waals surface area contributed by atoms with Crippen molar-refractivity contribution < 1.29 is 13.4 Å². The van der Waals surface area contributed by atoms with Crippen LogP contribution in [0.1, 0.15) is 27.9 Å². The van der Waals surface area contributed by atoms with Gasteiger partial charge in [0.25, 0.3) is 0 Å². The number of halogens is 1. The van der Waals surface area contributed by atoms with Crippen molar-refractivity contribution in [3.8, 4) is 0 Å². The Morgan fingerprint density at radius 1 is 1.10 bits per heavy atom. The number of rotatable bonds is 4. The Morgan fingerprint density at radius 3 is 2.67 bits per heavy atom. The van der Waals surface area contributed by atoms with Crippen LogP contribution in [0.3, 0.4) is 0 Å². The topological polar surface area (TPSA) is 34.1 Å². The summed E-state index contributed by atoms with van der Waals surface area (Å²) < 4.78 is 25.9. The van der Waals surface area contributed by atoms with E-state index in [-0.39, 0.29) is 11.3 Å². The van der Waals surface area contributed by atoms with Crippen molar-refractivity contribution in [2.24, 2.45) is 0 Å². The van der Waals surface area contributed by atoms with Crippen LogP contribution in [-0.4, -0.2) is 15.7 Å². The minimum atomic E-state index is -1.43. The fourth-order valence-electron chi connectivity index (χ4n) is 2.66. The first-order chi connectivity index (χ1) is 10.1. The van der Waals surface area contributed by atoms with Crippen LogP contribution in [0.15, 0.2) is 47.4 Å². The largest absolute Gasteiger partial charge is 0.293 e. The van der Waals surface area contributed by atoms with Crippen molar-refractivity contribution in [1.29, 1.82) is 0 Å². The van der Waals surface area contributed by atoms with E-state index < -0.39 is 22.4 Å². The molecule has 0 aromatic heterocycles. The lowest BCUT2D eigenvalue weighted by molar-refractivity contribution is 0.101. The molecular weight excluding hydrogens is 287 g/mol. The van der Waals surface area contributed by atoms with Crippen LogP contribution < -0.4 is 0 Å². The van der Waals surface area contributed by atoms with E-state index in [9.17, 15) is 13.4 Å². The van der Waals surface area contributed by atoms with Crippen molar-refractivity contribution in [2.75, 3.05) is 5.75 Å². The van der Waals surface area contributed by atoms with Crippen molar-refractivity contribution >= 4 is 16.6 Å². The third-order valence-corrected chi connectivity index (χ3v) is 5.07. The molecule has 0 saturated carbocycles. The maximum Gasteiger partial charge on any atom is 0.178 e. The van der Waals surface area contributed by atoms with Gasteiger partial charge >= 0.3 is 0 Å². The van der Waals surface area contributed by atoms with Crippen LogP contribution in [0.2, 0.25) is 0 Å². The molecule has 0 bridgehead atoms. The maximum atomic E-state index is 13.6. The molecule has 21 heavy (non-hydrogen) atoms. The van der Waals surface area contributed by atoms with Crippen molar-refractivity contribution in [2.45, 2.75) is 24.2 Å². The zero-order chi connectivity index (χ0) is 14.8.